The second-order valence-corrected chi connectivity index (χ2v) is 6.28. The molecule has 1 aromatic rings. The maximum atomic E-state index is 12.1. The smallest absolute Gasteiger partial charge is 0.272 e. The highest BCUT2D eigenvalue weighted by Crippen LogP contribution is 2.21. The van der Waals surface area contributed by atoms with E-state index >= 15 is 0 Å². The molecule has 8 heteroatoms. The summed E-state index contributed by atoms with van der Waals surface area (Å²) in [4.78, 5) is 10.2. The summed E-state index contributed by atoms with van der Waals surface area (Å²) in [5, 5.41) is 13.8. The number of nitrogens with zero attached hydrogens (tertiary/aromatic N) is 1. The highest BCUT2D eigenvalue weighted by atomic mass is 32.2. The zero-order valence-corrected chi connectivity index (χ0v) is 12.5. The first-order valence-corrected chi connectivity index (χ1v) is 7.74. The number of likely N-dealkylation sites (N-methyl/N-ethyl adjacent to an activating group) is 1. The average molecular weight is 301 g/mol. The first-order valence-electron chi connectivity index (χ1n) is 6.26. The molecule has 0 saturated carbocycles. The number of nitro benzene ring substituents is 1. The van der Waals surface area contributed by atoms with Crippen molar-refractivity contribution in [3.63, 3.8) is 0 Å². The molecule has 0 unspecified atom stereocenters. The minimum Gasteiger partial charge on any atom is -0.313 e. The SMILES string of the molecule is CCN[C@H](C)CNS(=O)(=O)c1ccc([N+](=O)[O-])c(C)c1. The van der Waals surface area contributed by atoms with E-state index in [1.807, 2.05) is 13.8 Å². The van der Waals surface area contributed by atoms with E-state index in [0.717, 1.165) is 6.54 Å². The van der Waals surface area contributed by atoms with Gasteiger partial charge in [-0.2, -0.15) is 0 Å². The standard InChI is InChI=1S/C12H19N3O4S/c1-4-13-10(3)8-14-20(18,19)11-5-6-12(15(16)17)9(2)7-11/h5-7,10,13-14H,4,8H2,1-3H3/t10-/m1/s1. The number of nitrogens with one attached hydrogen (secondary N) is 2. The quantitative estimate of drug-likeness (QED) is 0.581. The first kappa shape index (κ1) is 16.5. The van der Waals surface area contributed by atoms with E-state index in [0.29, 0.717) is 5.56 Å². The predicted molar refractivity (Wildman–Crippen MR) is 76.2 cm³/mol. The van der Waals surface area contributed by atoms with Crippen LogP contribution in [0.2, 0.25) is 0 Å². The number of aryl methyl sites for hydroxylation is 1. The molecule has 1 rings (SSSR count). The number of rotatable bonds is 7. The van der Waals surface area contributed by atoms with Crippen LogP contribution in [0, 0.1) is 17.0 Å². The minimum atomic E-state index is -3.65. The van der Waals surface area contributed by atoms with E-state index in [1.165, 1.54) is 25.1 Å². The molecule has 0 saturated heterocycles. The normalized spacial score (nSPS) is 13.2. The van der Waals surface area contributed by atoms with Gasteiger partial charge < -0.3 is 5.32 Å². The second kappa shape index (κ2) is 6.78. The van der Waals surface area contributed by atoms with E-state index in [2.05, 4.69) is 10.0 Å². The predicted octanol–water partition coefficient (Wildman–Crippen LogP) is 1.18. The van der Waals surface area contributed by atoms with Gasteiger partial charge in [-0.05, 0) is 32.5 Å². The van der Waals surface area contributed by atoms with Crippen LogP contribution in [0.15, 0.2) is 23.1 Å². The Bertz CT molecular complexity index is 586. The number of benzene rings is 1. The lowest BCUT2D eigenvalue weighted by Crippen LogP contribution is -2.38. The van der Waals surface area contributed by atoms with Crippen molar-refractivity contribution in [2.24, 2.45) is 0 Å². The van der Waals surface area contributed by atoms with Crippen molar-refractivity contribution in [3.8, 4) is 0 Å². The Hall–Kier alpha value is -1.51. The van der Waals surface area contributed by atoms with Gasteiger partial charge in [0.1, 0.15) is 0 Å². The number of nitro groups is 1. The van der Waals surface area contributed by atoms with E-state index in [4.69, 9.17) is 0 Å². The third-order valence-electron chi connectivity index (χ3n) is 2.81. The van der Waals surface area contributed by atoms with Crippen LogP contribution in [-0.2, 0) is 10.0 Å². The van der Waals surface area contributed by atoms with Crippen molar-refractivity contribution < 1.29 is 13.3 Å². The van der Waals surface area contributed by atoms with Crippen LogP contribution >= 0.6 is 0 Å². The molecule has 0 aromatic heterocycles. The second-order valence-electron chi connectivity index (χ2n) is 4.52. The van der Waals surface area contributed by atoms with Gasteiger partial charge in [0.15, 0.2) is 0 Å². The summed E-state index contributed by atoms with van der Waals surface area (Å²) in [6, 6.07) is 3.76. The fourth-order valence-electron chi connectivity index (χ4n) is 1.74. The molecule has 0 heterocycles. The zero-order chi connectivity index (χ0) is 15.3. The molecule has 0 spiro atoms. The summed E-state index contributed by atoms with van der Waals surface area (Å²) in [5.74, 6) is 0. The van der Waals surface area contributed by atoms with Gasteiger partial charge in [-0.3, -0.25) is 10.1 Å². The molecule has 20 heavy (non-hydrogen) atoms. The zero-order valence-electron chi connectivity index (χ0n) is 11.7. The topological polar surface area (TPSA) is 101 Å². The van der Waals surface area contributed by atoms with Gasteiger partial charge in [-0.25, -0.2) is 13.1 Å². The summed E-state index contributed by atoms with van der Waals surface area (Å²) < 4.78 is 26.6. The third-order valence-corrected chi connectivity index (χ3v) is 4.23. The third kappa shape index (κ3) is 4.26. The Labute approximate surface area is 118 Å². The molecule has 0 amide bonds. The molecule has 0 bridgehead atoms. The van der Waals surface area contributed by atoms with Gasteiger partial charge in [0.2, 0.25) is 10.0 Å². The average Bonchev–Trinajstić information content (AvgIpc) is 2.36. The number of sulfonamides is 1. The lowest BCUT2D eigenvalue weighted by Gasteiger charge is -2.13. The minimum absolute atomic E-state index is 0.00826. The van der Waals surface area contributed by atoms with Crippen LogP contribution in [0.3, 0.4) is 0 Å². The maximum absolute atomic E-state index is 12.1. The lowest BCUT2D eigenvalue weighted by molar-refractivity contribution is -0.385. The summed E-state index contributed by atoms with van der Waals surface area (Å²) >= 11 is 0. The van der Waals surface area contributed by atoms with Crippen molar-refractivity contribution >= 4 is 15.7 Å². The highest BCUT2D eigenvalue weighted by Gasteiger charge is 2.18. The van der Waals surface area contributed by atoms with Crippen LogP contribution in [0.25, 0.3) is 0 Å². The molecule has 112 valence electrons. The van der Waals surface area contributed by atoms with Gasteiger partial charge in [0.05, 0.1) is 9.82 Å². The van der Waals surface area contributed by atoms with Crippen LogP contribution in [-0.4, -0.2) is 32.5 Å². The van der Waals surface area contributed by atoms with Gasteiger partial charge in [0.25, 0.3) is 5.69 Å². The monoisotopic (exact) mass is 301 g/mol. The largest absolute Gasteiger partial charge is 0.313 e. The molecule has 0 aliphatic heterocycles. The Morgan fingerprint density at radius 1 is 1.40 bits per heavy atom. The van der Waals surface area contributed by atoms with Crippen LogP contribution in [0.1, 0.15) is 19.4 Å². The van der Waals surface area contributed by atoms with Crippen LogP contribution in [0.4, 0.5) is 5.69 Å². The molecular weight excluding hydrogens is 282 g/mol. The summed E-state index contributed by atoms with van der Waals surface area (Å²) in [6.45, 7) is 6.32. The molecular formula is C12H19N3O4S. The van der Waals surface area contributed by atoms with Crippen molar-refractivity contribution in [1.29, 1.82) is 0 Å². The highest BCUT2D eigenvalue weighted by molar-refractivity contribution is 7.89. The van der Waals surface area contributed by atoms with Crippen molar-refractivity contribution in [3.05, 3.63) is 33.9 Å². The number of hydrogen-bond donors (Lipinski definition) is 2. The fourth-order valence-corrected chi connectivity index (χ4v) is 2.95. The summed E-state index contributed by atoms with van der Waals surface area (Å²) in [7, 11) is -3.65. The molecule has 1 aromatic carbocycles. The number of hydrogen-bond acceptors (Lipinski definition) is 5. The Morgan fingerprint density at radius 2 is 2.05 bits per heavy atom. The maximum Gasteiger partial charge on any atom is 0.272 e. The first-order chi connectivity index (χ1) is 9.27. The van der Waals surface area contributed by atoms with Crippen LogP contribution in [0.5, 0.6) is 0 Å². The van der Waals surface area contributed by atoms with Crippen molar-refractivity contribution in [2.45, 2.75) is 31.7 Å². The lowest BCUT2D eigenvalue weighted by atomic mass is 10.2. The van der Waals surface area contributed by atoms with Gasteiger partial charge in [0, 0.05) is 24.2 Å². The van der Waals surface area contributed by atoms with Gasteiger partial charge in [-0.15, -0.1) is 0 Å². The van der Waals surface area contributed by atoms with E-state index < -0.39 is 14.9 Å². The molecule has 0 fully saturated rings. The molecule has 7 nitrogen and oxygen atoms in total. The van der Waals surface area contributed by atoms with Gasteiger partial charge >= 0.3 is 0 Å². The van der Waals surface area contributed by atoms with E-state index in [-0.39, 0.29) is 23.2 Å². The molecule has 1 atom stereocenters. The molecule has 2 N–H and O–H groups in total. The van der Waals surface area contributed by atoms with Crippen molar-refractivity contribution in [2.75, 3.05) is 13.1 Å². The summed E-state index contributed by atoms with van der Waals surface area (Å²) in [6.07, 6.45) is 0. The molecule has 0 radical (unpaired) electrons. The van der Waals surface area contributed by atoms with Crippen molar-refractivity contribution in [1.82, 2.24) is 10.0 Å². The summed E-state index contributed by atoms with van der Waals surface area (Å²) in [5.41, 5.74) is 0.225. The molecule has 0 aliphatic carbocycles. The Balaban J connectivity index is 2.88. The van der Waals surface area contributed by atoms with E-state index in [1.54, 1.807) is 0 Å². The Kier molecular flexibility index (Phi) is 5.61. The van der Waals surface area contributed by atoms with Gasteiger partial charge in [-0.1, -0.05) is 6.92 Å². The fraction of sp³-hybridized carbons (Fsp3) is 0.500. The van der Waals surface area contributed by atoms with E-state index in [9.17, 15) is 18.5 Å². The van der Waals surface area contributed by atoms with Crippen LogP contribution < -0.4 is 10.0 Å². The molecule has 0 aliphatic rings. The Morgan fingerprint density at radius 3 is 2.55 bits per heavy atom.